The van der Waals surface area contributed by atoms with Gasteiger partial charge in [-0.25, -0.2) is 4.79 Å². The first-order chi connectivity index (χ1) is 10.1. The molecule has 0 radical (unpaired) electrons. The lowest BCUT2D eigenvalue weighted by atomic mass is 10.3. The van der Waals surface area contributed by atoms with Gasteiger partial charge in [-0.05, 0) is 37.5 Å². The van der Waals surface area contributed by atoms with Gasteiger partial charge in [0, 0.05) is 19.3 Å². The molecule has 114 valence electrons. The fourth-order valence-corrected chi connectivity index (χ4v) is 2.32. The first-order valence-electron chi connectivity index (χ1n) is 7.40. The molecule has 7 nitrogen and oxygen atoms in total. The summed E-state index contributed by atoms with van der Waals surface area (Å²) >= 11 is 0. The molecule has 2 amide bonds. The molecule has 0 bridgehead atoms. The third-order valence-corrected chi connectivity index (χ3v) is 3.82. The van der Waals surface area contributed by atoms with Crippen LogP contribution in [0.3, 0.4) is 0 Å². The number of aromatic nitrogens is 2. The zero-order valence-corrected chi connectivity index (χ0v) is 11.9. The molecule has 21 heavy (non-hydrogen) atoms. The van der Waals surface area contributed by atoms with Crippen molar-refractivity contribution >= 4 is 17.7 Å². The van der Waals surface area contributed by atoms with Crippen LogP contribution < -0.4 is 5.32 Å². The largest absolute Gasteiger partial charge is 0.480 e. The lowest BCUT2D eigenvalue weighted by Crippen LogP contribution is -2.38. The maximum Gasteiger partial charge on any atom is 0.325 e. The topological polar surface area (TPSA) is 87.5 Å². The normalized spacial score (nSPS) is 17.5. The van der Waals surface area contributed by atoms with Gasteiger partial charge in [0.05, 0.1) is 11.9 Å². The van der Waals surface area contributed by atoms with Gasteiger partial charge in [0.1, 0.15) is 6.54 Å². The van der Waals surface area contributed by atoms with Crippen LogP contribution in [-0.2, 0) is 11.3 Å². The number of nitrogens with zero attached hydrogens (tertiary/aromatic N) is 3. The van der Waals surface area contributed by atoms with Crippen molar-refractivity contribution in [1.29, 1.82) is 0 Å². The lowest BCUT2D eigenvalue weighted by Gasteiger charge is -2.22. The van der Waals surface area contributed by atoms with Crippen LogP contribution in [0.4, 0.5) is 10.5 Å². The first-order valence-corrected chi connectivity index (χ1v) is 7.40. The number of rotatable bonds is 7. The van der Waals surface area contributed by atoms with Crippen LogP contribution in [0.25, 0.3) is 0 Å². The maximum atomic E-state index is 12.3. The molecule has 2 fully saturated rings. The number of carboxylic acids is 1. The lowest BCUT2D eigenvalue weighted by molar-refractivity contribution is -0.137. The summed E-state index contributed by atoms with van der Waals surface area (Å²) in [5.74, 6) is 0.355. The minimum absolute atomic E-state index is 0.108. The molecule has 2 aliphatic rings. The minimum atomic E-state index is -0.958. The quantitative estimate of drug-likeness (QED) is 0.799. The van der Waals surface area contributed by atoms with E-state index in [-0.39, 0.29) is 12.6 Å². The molecule has 2 aliphatic carbocycles. The number of amides is 2. The standard InChI is InChI=1S/C14H20N4O3/c19-13(20)9-18-8-12(5-15-18)16-14(21)17(6-10-1-2-10)7-11-3-4-11/h5,8,10-11H,1-4,6-7,9H2,(H,16,21)(H,19,20). The molecule has 0 spiro atoms. The number of urea groups is 1. The van der Waals surface area contributed by atoms with Gasteiger partial charge in [-0.2, -0.15) is 5.10 Å². The van der Waals surface area contributed by atoms with Gasteiger partial charge >= 0.3 is 12.0 Å². The van der Waals surface area contributed by atoms with Gasteiger partial charge in [0.2, 0.25) is 0 Å². The van der Waals surface area contributed by atoms with Crippen LogP contribution in [0.2, 0.25) is 0 Å². The number of carboxylic acid groups (broad SMARTS) is 1. The predicted molar refractivity (Wildman–Crippen MR) is 75.9 cm³/mol. The number of aliphatic carboxylic acids is 1. The fraction of sp³-hybridized carbons (Fsp3) is 0.643. The number of hydrogen-bond acceptors (Lipinski definition) is 3. The van der Waals surface area contributed by atoms with Crippen LogP contribution in [0, 0.1) is 11.8 Å². The van der Waals surface area contributed by atoms with Crippen molar-refractivity contribution in [1.82, 2.24) is 14.7 Å². The Morgan fingerprint density at radius 2 is 1.90 bits per heavy atom. The van der Waals surface area contributed by atoms with Gasteiger partial charge < -0.3 is 15.3 Å². The van der Waals surface area contributed by atoms with Crippen molar-refractivity contribution in [3.63, 3.8) is 0 Å². The Bertz CT molecular complexity index is 520. The third kappa shape index (κ3) is 4.21. The second kappa shape index (κ2) is 5.75. The summed E-state index contributed by atoms with van der Waals surface area (Å²) in [6.07, 6.45) is 7.87. The van der Waals surface area contributed by atoms with E-state index in [9.17, 15) is 9.59 Å². The highest BCUT2D eigenvalue weighted by molar-refractivity contribution is 5.89. The molecule has 3 rings (SSSR count). The monoisotopic (exact) mass is 292 g/mol. The molecule has 0 aromatic carbocycles. The summed E-state index contributed by atoms with van der Waals surface area (Å²) in [5, 5.41) is 15.4. The Morgan fingerprint density at radius 3 is 2.43 bits per heavy atom. The molecular formula is C14H20N4O3. The van der Waals surface area contributed by atoms with E-state index >= 15 is 0 Å². The SMILES string of the molecule is O=C(O)Cn1cc(NC(=O)N(CC2CC2)CC2CC2)cn1. The molecule has 2 saturated carbocycles. The summed E-state index contributed by atoms with van der Waals surface area (Å²) in [6.45, 7) is 1.45. The molecule has 2 N–H and O–H groups in total. The highest BCUT2D eigenvalue weighted by Gasteiger charge is 2.31. The van der Waals surface area contributed by atoms with Gasteiger partial charge in [-0.15, -0.1) is 0 Å². The molecule has 0 saturated heterocycles. The molecular weight excluding hydrogens is 272 g/mol. The second-order valence-corrected chi connectivity index (χ2v) is 6.04. The van der Waals surface area contributed by atoms with Crippen LogP contribution in [0.15, 0.2) is 12.4 Å². The smallest absolute Gasteiger partial charge is 0.325 e. The van der Waals surface area contributed by atoms with E-state index < -0.39 is 5.97 Å². The Morgan fingerprint density at radius 1 is 1.29 bits per heavy atom. The van der Waals surface area contributed by atoms with Crippen molar-refractivity contribution < 1.29 is 14.7 Å². The summed E-state index contributed by atoms with van der Waals surface area (Å²) in [5.41, 5.74) is 0.540. The Hall–Kier alpha value is -2.05. The minimum Gasteiger partial charge on any atom is -0.480 e. The van der Waals surface area contributed by atoms with Crippen molar-refractivity contribution in [3.8, 4) is 0 Å². The van der Waals surface area contributed by atoms with Gasteiger partial charge in [-0.1, -0.05) is 0 Å². The summed E-state index contributed by atoms with van der Waals surface area (Å²) < 4.78 is 1.30. The number of carbonyl (C=O) groups is 2. The molecule has 1 heterocycles. The van der Waals surface area contributed by atoms with E-state index in [4.69, 9.17) is 5.11 Å². The summed E-state index contributed by atoms with van der Waals surface area (Å²) in [6, 6.07) is -0.108. The van der Waals surface area contributed by atoms with E-state index in [2.05, 4.69) is 10.4 Å². The van der Waals surface area contributed by atoms with Crippen LogP contribution in [0.5, 0.6) is 0 Å². The molecule has 0 aliphatic heterocycles. The number of carbonyl (C=O) groups excluding carboxylic acids is 1. The molecule has 1 aromatic heterocycles. The Labute approximate surface area is 122 Å². The van der Waals surface area contributed by atoms with E-state index in [1.165, 1.54) is 36.6 Å². The average molecular weight is 292 g/mol. The van der Waals surface area contributed by atoms with Crippen molar-refractivity contribution in [3.05, 3.63) is 12.4 Å². The van der Waals surface area contributed by atoms with Crippen LogP contribution in [0.1, 0.15) is 25.7 Å². The van der Waals surface area contributed by atoms with E-state index in [1.54, 1.807) is 6.20 Å². The van der Waals surface area contributed by atoms with Crippen LogP contribution in [-0.4, -0.2) is 44.9 Å². The Balaban J connectivity index is 1.56. The zero-order chi connectivity index (χ0) is 14.8. The fourth-order valence-electron chi connectivity index (χ4n) is 2.32. The number of anilines is 1. The molecule has 0 unspecified atom stereocenters. The summed E-state index contributed by atoms with van der Waals surface area (Å²) in [4.78, 5) is 24.8. The predicted octanol–water partition coefficient (Wildman–Crippen LogP) is 1.62. The van der Waals surface area contributed by atoms with Crippen molar-refractivity contribution in [2.75, 3.05) is 18.4 Å². The van der Waals surface area contributed by atoms with Gasteiger partial charge in [0.25, 0.3) is 0 Å². The molecule has 7 heteroatoms. The maximum absolute atomic E-state index is 12.3. The van der Waals surface area contributed by atoms with Crippen molar-refractivity contribution in [2.24, 2.45) is 11.8 Å². The Kier molecular flexibility index (Phi) is 3.81. The molecule has 0 atom stereocenters. The van der Waals surface area contributed by atoms with Gasteiger partial charge in [0.15, 0.2) is 0 Å². The van der Waals surface area contributed by atoms with Crippen molar-refractivity contribution in [2.45, 2.75) is 32.2 Å². The second-order valence-electron chi connectivity index (χ2n) is 6.04. The highest BCUT2D eigenvalue weighted by atomic mass is 16.4. The van der Waals surface area contributed by atoms with E-state index in [0.717, 1.165) is 13.1 Å². The first kappa shape index (κ1) is 13.9. The average Bonchev–Trinajstić information content (AvgIpc) is 3.32. The van der Waals surface area contributed by atoms with Gasteiger partial charge in [-0.3, -0.25) is 9.48 Å². The summed E-state index contributed by atoms with van der Waals surface area (Å²) in [7, 11) is 0. The number of nitrogens with one attached hydrogen (secondary N) is 1. The van der Waals surface area contributed by atoms with Crippen LogP contribution >= 0.6 is 0 Å². The van der Waals surface area contributed by atoms with E-state index in [1.807, 2.05) is 4.90 Å². The molecule has 1 aromatic rings. The number of hydrogen-bond donors (Lipinski definition) is 2. The third-order valence-electron chi connectivity index (χ3n) is 3.82. The highest BCUT2D eigenvalue weighted by Crippen LogP contribution is 2.33. The zero-order valence-electron chi connectivity index (χ0n) is 11.9. The van der Waals surface area contributed by atoms with E-state index in [0.29, 0.717) is 17.5 Å².